The molecule has 1 aromatic heterocycles. The SMILES string of the molecule is O=C(Cc1csc(NC(=O)c2ccccc2)n1)NCc1ccc(F)cc1. The number of rotatable bonds is 6. The molecule has 0 aliphatic carbocycles. The Bertz CT molecular complexity index is 895. The molecule has 0 saturated heterocycles. The Morgan fingerprint density at radius 3 is 2.50 bits per heavy atom. The van der Waals surface area contributed by atoms with E-state index in [4.69, 9.17) is 0 Å². The van der Waals surface area contributed by atoms with Gasteiger partial charge in [-0.1, -0.05) is 30.3 Å². The van der Waals surface area contributed by atoms with Gasteiger partial charge in [-0.15, -0.1) is 11.3 Å². The molecule has 132 valence electrons. The van der Waals surface area contributed by atoms with E-state index in [9.17, 15) is 14.0 Å². The van der Waals surface area contributed by atoms with Crippen LogP contribution in [0.5, 0.6) is 0 Å². The van der Waals surface area contributed by atoms with E-state index < -0.39 is 0 Å². The van der Waals surface area contributed by atoms with Crippen LogP contribution in [0.3, 0.4) is 0 Å². The molecule has 0 radical (unpaired) electrons. The van der Waals surface area contributed by atoms with Gasteiger partial charge in [0.05, 0.1) is 12.1 Å². The van der Waals surface area contributed by atoms with Crippen molar-refractivity contribution >= 4 is 28.3 Å². The zero-order valence-corrected chi connectivity index (χ0v) is 14.6. The Morgan fingerprint density at radius 1 is 1.04 bits per heavy atom. The quantitative estimate of drug-likeness (QED) is 0.700. The number of halogens is 1. The summed E-state index contributed by atoms with van der Waals surface area (Å²) in [5.41, 5.74) is 1.94. The summed E-state index contributed by atoms with van der Waals surface area (Å²) in [7, 11) is 0. The highest BCUT2D eigenvalue weighted by Crippen LogP contribution is 2.17. The van der Waals surface area contributed by atoms with E-state index in [1.54, 1.807) is 41.8 Å². The standard InChI is InChI=1S/C19H16FN3O2S/c20-15-8-6-13(7-9-15)11-21-17(24)10-16-12-26-19(22-16)23-18(25)14-4-2-1-3-5-14/h1-9,12H,10-11H2,(H,21,24)(H,22,23,25). The Balaban J connectivity index is 1.50. The first-order valence-electron chi connectivity index (χ1n) is 7.92. The number of benzene rings is 2. The van der Waals surface area contributed by atoms with Crippen molar-refractivity contribution in [1.29, 1.82) is 0 Å². The number of nitrogens with one attached hydrogen (secondary N) is 2. The fourth-order valence-electron chi connectivity index (χ4n) is 2.23. The van der Waals surface area contributed by atoms with E-state index in [0.717, 1.165) is 5.56 Å². The summed E-state index contributed by atoms with van der Waals surface area (Å²) in [6, 6.07) is 14.8. The maximum Gasteiger partial charge on any atom is 0.257 e. The summed E-state index contributed by atoms with van der Waals surface area (Å²) in [6.45, 7) is 0.320. The molecule has 0 aliphatic heterocycles. The van der Waals surface area contributed by atoms with Gasteiger partial charge in [0.25, 0.3) is 5.91 Å². The number of aromatic nitrogens is 1. The third-order valence-electron chi connectivity index (χ3n) is 3.55. The van der Waals surface area contributed by atoms with Gasteiger partial charge in [0.1, 0.15) is 5.82 Å². The minimum atomic E-state index is -0.312. The summed E-state index contributed by atoms with van der Waals surface area (Å²) in [4.78, 5) is 28.3. The predicted octanol–water partition coefficient (Wildman–Crippen LogP) is 3.39. The van der Waals surface area contributed by atoms with Gasteiger partial charge >= 0.3 is 0 Å². The monoisotopic (exact) mass is 369 g/mol. The predicted molar refractivity (Wildman–Crippen MR) is 98.5 cm³/mol. The van der Waals surface area contributed by atoms with Crippen molar-refractivity contribution in [3.63, 3.8) is 0 Å². The molecule has 0 fully saturated rings. The number of nitrogens with zero attached hydrogens (tertiary/aromatic N) is 1. The third-order valence-corrected chi connectivity index (χ3v) is 4.36. The minimum absolute atomic E-state index is 0.110. The molecule has 0 spiro atoms. The van der Waals surface area contributed by atoms with Crippen molar-refractivity contribution in [1.82, 2.24) is 10.3 Å². The summed E-state index contributed by atoms with van der Waals surface area (Å²) >= 11 is 1.27. The summed E-state index contributed by atoms with van der Waals surface area (Å²) in [6.07, 6.45) is 0.110. The van der Waals surface area contributed by atoms with E-state index in [0.29, 0.717) is 22.9 Å². The van der Waals surface area contributed by atoms with Gasteiger partial charge in [0.15, 0.2) is 5.13 Å². The van der Waals surface area contributed by atoms with Crippen LogP contribution < -0.4 is 10.6 Å². The van der Waals surface area contributed by atoms with Crippen LogP contribution in [-0.4, -0.2) is 16.8 Å². The fourth-order valence-corrected chi connectivity index (χ4v) is 2.94. The normalized spacial score (nSPS) is 10.3. The molecular formula is C19H16FN3O2S. The topological polar surface area (TPSA) is 71.1 Å². The second kappa shape index (κ2) is 8.35. The number of thiazole rings is 1. The van der Waals surface area contributed by atoms with Crippen molar-refractivity contribution in [2.24, 2.45) is 0 Å². The summed E-state index contributed by atoms with van der Waals surface area (Å²) < 4.78 is 12.8. The highest BCUT2D eigenvalue weighted by Gasteiger charge is 2.11. The molecule has 3 rings (SSSR count). The van der Waals surface area contributed by atoms with Gasteiger partial charge in [-0.3, -0.25) is 14.9 Å². The molecule has 2 aromatic carbocycles. The molecule has 0 bridgehead atoms. The lowest BCUT2D eigenvalue weighted by Crippen LogP contribution is -2.24. The number of anilines is 1. The summed E-state index contributed by atoms with van der Waals surface area (Å²) in [5, 5.41) is 7.65. The lowest BCUT2D eigenvalue weighted by atomic mass is 10.2. The fraction of sp³-hybridized carbons (Fsp3) is 0.105. The Morgan fingerprint density at radius 2 is 1.77 bits per heavy atom. The van der Waals surface area contributed by atoms with Gasteiger partial charge in [-0.2, -0.15) is 0 Å². The van der Waals surface area contributed by atoms with Gasteiger partial charge in [0.2, 0.25) is 5.91 Å². The molecule has 3 aromatic rings. The van der Waals surface area contributed by atoms with E-state index in [1.807, 2.05) is 6.07 Å². The lowest BCUT2D eigenvalue weighted by molar-refractivity contribution is -0.120. The van der Waals surface area contributed by atoms with Crippen LogP contribution in [-0.2, 0) is 17.8 Å². The largest absolute Gasteiger partial charge is 0.352 e. The first kappa shape index (κ1) is 17.8. The Hall–Kier alpha value is -3.06. The van der Waals surface area contributed by atoms with Crippen LogP contribution in [0.2, 0.25) is 0 Å². The van der Waals surface area contributed by atoms with Crippen LogP contribution in [0.4, 0.5) is 9.52 Å². The average molecular weight is 369 g/mol. The second-order valence-corrected chi connectivity index (χ2v) is 6.40. The molecular weight excluding hydrogens is 353 g/mol. The molecule has 0 saturated carbocycles. The first-order chi connectivity index (χ1) is 12.6. The highest BCUT2D eigenvalue weighted by molar-refractivity contribution is 7.14. The van der Waals surface area contributed by atoms with Crippen LogP contribution >= 0.6 is 11.3 Å². The van der Waals surface area contributed by atoms with Gasteiger partial charge in [-0.05, 0) is 29.8 Å². The molecule has 0 aliphatic rings. The van der Waals surface area contributed by atoms with Crippen molar-refractivity contribution in [2.75, 3.05) is 5.32 Å². The van der Waals surface area contributed by atoms with Crippen molar-refractivity contribution in [3.8, 4) is 0 Å². The van der Waals surface area contributed by atoms with Crippen molar-refractivity contribution in [3.05, 3.63) is 82.6 Å². The van der Waals surface area contributed by atoms with Gasteiger partial charge in [0, 0.05) is 17.5 Å². The molecule has 0 unspecified atom stereocenters. The zero-order chi connectivity index (χ0) is 18.4. The first-order valence-corrected chi connectivity index (χ1v) is 8.80. The zero-order valence-electron chi connectivity index (χ0n) is 13.7. The number of amides is 2. The van der Waals surface area contributed by atoms with Crippen molar-refractivity contribution in [2.45, 2.75) is 13.0 Å². The maximum absolute atomic E-state index is 12.8. The average Bonchev–Trinajstić information content (AvgIpc) is 3.08. The number of hydrogen-bond acceptors (Lipinski definition) is 4. The highest BCUT2D eigenvalue weighted by atomic mass is 32.1. The third kappa shape index (κ3) is 4.97. The molecule has 5 nitrogen and oxygen atoms in total. The van der Waals surface area contributed by atoms with E-state index in [1.165, 1.54) is 23.5 Å². The van der Waals surface area contributed by atoms with Crippen LogP contribution in [0.15, 0.2) is 60.0 Å². The Kier molecular flexibility index (Phi) is 5.70. The van der Waals surface area contributed by atoms with E-state index in [2.05, 4.69) is 15.6 Å². The van der Waals surface area contributed by atoms with Crippen LogP contribution in [0.1, 0.15) is 21.6 Å². The number of carbonyl (C=O) groups excluding carboxylic acids is 2. The minimum Gasteiger partial charge on any atom is -0.352 e. The van der Waals surface area contributed by atoms with Crippen LogP contribution in [0, 0.1) is 5.82 Å². The number of carbonyl (C=O) groups is 2. The van der Waals surface area contributed by atoms with Gasteiger partial charge in [-0.25, -0.2) is 9.37 Å². The molecule has 2 N–H and O–H groups in total. The second-order valence-electron chi connectivity index (χ2n) is 5.54. The van der Waals surface area contributed by atoms with Crippen LogP contribution in [0.25, 0.3) is 0 Å². The van der Waals surface area contributed by atoms with E-state index in [-0.39, 0.29) is 24.1 Å². The number of hydrogen-bond donors (Lipinski definition) is 2. The molecule has 0 atom stereocenters. The molecule has 7 heteroatoms. The van der Waals surface area contributed by atoms with E-state index >= 15 is 0 Å². The molecule has 2 amide bonds. The Labute approximate surface area is 153 Å². The lowest BCUT2D eigenvalue weighted by Gasteiger charge is -2.04. The smallest absolute Gasteiger partial charge is 0.257 e. The summed E-state index contributed by atoms with van der Waals surface area (Å²) in [5.74, 6) is -0.750. The molecule has 1 heterocycles. The molecule has 26 heavy (non-hydrogen) atoms. The maximum atomic E-state index is 12.8. The van der Waals surface area contributed by atoms with Crippen molar-refractivity contribution < 1.29 is 14.0 Å². The van der Waals surface area contributed by atoms with Gasteiger partial charge < -0.3 is 5.32 Å².